The number of nitrogens with zero attached hydrogens (tertiary/aromatic N) is 1. The largest absolute Gasteiger partial charge is 0.382 e. The quantitative estimate of drug-likeness (QED) is 0.794. The third kappa shape index (κ3) is 2.02. The van der Waals surface area contributed by atoms with Crippen LogP contribution in [0.5, 0.6) is 0 Å². The lowest BCUT2D eigenvalue weighted by molar-refractivity contribution is 0.568. The Hall–Kier alpha value is -0.420. The third-order valence-electron chi connectivity index (χ3n) is 3.44. The minimum Gasteiger partial charge on any atom is -0.382 e. The Balaban J connectivity index is 1.75. The van der Waals surface area contributed by atoms with Gasteiger partial charge in [-0.1, -0.05) is 0 Å². The van der Waals surface area contributed by atoms with Gasteiger partial charge in [-0.2, -0.15) is 4.37 Å². The molecule has 0 atom stereocenters. The zero-order chi connectivity index (χ0) is 11.1. The highest BCUT2D eigenvalue weighted by Crippen LogP contribution is 2.47. The minimum atomic E-state index is 0.686. The number of hydrogen-bond donors (Lipinski definition) is 2. The van der Waals surface area contributed by atoms with E-state index in [-0.39, 0.29) is 0 Å². The Kier molecular flexibility index (Phi) is 2.75. The van der Waals surface area contributed by atoms with Crippen LogP contribution in [0.25, 0.3) is 0 Å². The highest BCUT2D eigenvalue weighted by Gasteiger charge is 2.41. The summed E-state index contributed by atoms with van der Waals surface area (Å²) < 4.78 is 4.24. The van der Waals surface area contributed by atoms with Crippen LogP contribution in [0.4, 0.5) is 10.8 Å². The fraction of sp³-hybridized carbons (Fsp3) is 0.727. The van der Waals surface area contributed by atoms with Crippen LogP contribution in [0.3, 0.4) is 0 Å². The molecule has 0 spiro atoms. The van der Waals surface area contributed by atoms with Crippen molar-refractivity contribution in [2.75, 3.05) is 17.3 Å². The molecule has 88 valence electrons. The maximum absolute atomic E-state index is 5.85. The summed E-state index contributed by atoms with van der Waals surface area (Å²) in [6, 6.07) is 0.686. The van der Waals surface area contributed by atoms with Crippen LogP contribution < -0.4 is 11.1 Å². The first kappa shape index (κ1) is 10.7. The smallest absolute Gasteiger partial charge is 0.153 e. The van der Waals surface area contributed by atoms with Crippen molar-refractivity contribution in [3.8, 4) is 0 Å². The Morgan fingerprint density at radius 2 is 2.00 bits per heavy atom. The van der Waals surface area contributed by atoms with E-state index in [0.29, 0.717) is 11.9 Å². The second-order valence-electron chi connectivity index (χ2n) is 4.78. The lowest BCUT2D eigenvalue weighted by atomic mass is 10.1. The first-order valence-corrected chi connectivity index (χ1v) is 7.85. The molecule has 3 nitrogen and oxygen atoms in total. The summed E-state index contributed by atoms with van der Waals surface area (Å²) >= 11 is 3.21. The van der Waals surface area contributed by atoms with Gasteiger partial charge in [-0.05, 0) is 55.3 Å². The van der Waals surface area contributed by atoms with E-state index in [4.69, 9.17) is 5.73 Å². The Morgan fingerprint density at radius 3 is 2.50 bits per heavy atom. The van der Waals surface area contributed by atoms with Gasteiger partial charge >= 0.3 is 0 Å². The van der Waals surface area contributed by atoms with E-state index >= 15 is 0 Å². The van der Waals surface area contributed by atoms with Gasteiger partial charge in [-0.3, -0.25) is 0 Å². The van der Waals surface area contributed by atoms with E-state index in [1.165, 1.54) is 42.2 Å². The standard InChI is InChI=1S/C11H17N3S2/c1-15-9-10(12)14-16-11(9)13-8(6-2-3-6)7-4-5-7/h6-8,13H,2-5H2,1H3,(H2,12,14). The maximum atomic E-state index is 5.85. The van der Waals surface area contributed by atoms with Gasteiger partial charge in [-0.15, -0.1) is 11.8 Å². The van der Waals surface area contributed by atoms with Crippen molar-refractivity contribution in [3.05, 3.63) is 0 Å². The predicted molar refractivity (Wildman–Crippen MR) is 71.2 cm³/mol. The number of nitrogens with two attached hydrogens (primary N) is 1. The second-order valence-corrected chi connectivity index (χ2v) is 6.37. The molecule has 3 N–H and O–H groups in total. The number of anilines is 2. The zero-order valence-electron chi connectivity index (χ0n) is 9.40. The van der Waals surface area contributed by atoms with Crippen molar-refractivity contribution in [1.82, 2.24) is 4.37 Å². The molecule has 1 heterocycles. The first-order valence-electron chi connectivity index (χ1n) is 5.85. The van der Waals surface area contributed by atoms with Gasteiger partial charge in [0.2, 0.25) is 0 Å². The van der Waals surface area contributed by atoms with E-state index < -0.39 is 0 Å². The lowest BCUT2D eigenvalue weighted by Crippen LogP contribution is -2.23. The number of hydrogen-bond acceptors (Lipinski definition) is 5. The fourth-order valence-corrected chi connectivity index (χ4v) is 3.84. The molecule has 16 heavy (non-hydrogen) atoms. The Morgan fingerprint density at radius 1 is 1.38 bits per heavy atom. The summed E-state index contributed by atoms with van der Waals surface area (Å²) in [7, 11) is 0. The van der Waals surface area contributed by atoms with Gasteiger partial charge in [0.05, 0.1) is 4.90 Å². The molecule has 0 radical (unpaired) electrons. The highest BCUT2D eigenvalue weighted by atomic mass is 32.2. The van der Waals surface area contributed by atoms with Crippen LogP contribution in [0.1, 0.15) is 25.7 Å². The molecule has 2 aliphatic rings. The normalized spacial score (nSPS) is 20.4. The molecular formula is C11H17N3S2. The monoisotopic (exact) mass is 255 g/mol. The van der Waals surface area contributed by atoms with Crippen molar-refractivity contribution in [3.63, 3.8) is 0 Å². The van der Waals surface area contributed by atoms with Crippen LogP contribution in [-0.2, 0) is 0 Å². The Bertz CT molecular complexity index is 371. The lowest BCUT2D eigenvalue weighted by Gasteiger charge is -2.18. The van der Waals surface area contributed by atoms with Crippen molar-refractivity contribution in [1.29, 1.82) is 0 Å². The molecular weight excluding hydrogens is 238 g/mol. The summed E-state index contributed by atoms with van der Waals surface area (Å²) in [6.45, 7) is 0. The van der Waals surface area contributed by atoms with Crippen molar-refractivity contribution in [2.45, 2.75) is 36.6 Å². The molecule has 0 unspecified atom stereocenters. The van der Waals surface area contributed by atoms with E-state index in [1.54, 1.807) is 11.8 Å². The second kappa shape index (κ2) is 4.11. The average molecular weight is 255 g/mol. The van der Waals surface area contributed by atoms with Gasteiger partial charge in [0.1, 0.15) is 5.00 Å². The summed E-state index contributed by atoms with van der Waals surface area (Å²) in [5.74, 6) is 2.50. The highest BCUT2D eigenvalue weighted by molar-refractivity contribution is 7.99. The number of nitrogen functional groups attached to an aromatic ring is 1. The van der Waals surface area contributed by atoms with Crippen LogP contribution in [-0.4, -0.2) is 16.7 Å². The van der Waals surface area contributed by atoms with Crippen molar-refractivity contribution in [2.24, 2.45) is 11.8 Å². The average Bonchev–Trinajstić information content (AvgIpc) is 3.14. The zero-order valence-corrected chi connectivity index (χ0v) is 11.0. The molecule has 0 aromatic carbocycles. The van der Waals surface area contributed by atoms with E-state index in [0.717, 1.165) is 16.7 Å². The topological polar surface area (TPSA) is 50.9 Å². The molecule has 2 saturated carbocycles. The molecule has 0 bridgehead atoms. The number of aromatic nitrogens is 1. The molecule has 0 aliphatic heterocycles. The van der Waals surface area contributed by atoms with Gasteiger partial charge in [0.15, 0.2) is 5.82 Å². The van der Waals surface area contributed by atoms with Crippen LogP contribution in [0, 0.1) is 11.8 Å². The molecule has 0 amide bonds. The summed E-state index contributed by atoms with van der Waals surface area (Å²) in [4.78, 5) is 1.14. The van der Waals surface area contributed by atoms with Crippen LogP contribution in [0.15, 0.2) is 4.90 Å². The van der Waals surface area contributed by atoms with Gasteiger partial charge in [0, 0.05) is 6.04 Å². The molecule has 3 rings (SSSR count). The van der Waals surface area contributed by atoms with Gasteiger partial charge in [-0.25, -0.2) is 0 Å². The van der Waals surface area contributed by atoms with Crippen molar-refractivity contribution < 1.29 is 0 Å². The minimum absolute atomic E-state index is 0.686. The predicted octanol–water partition coefficient (Wildman–Crippen LogP) is 3.05. The summed E-state index contributed by atoms with van der Waals surface area (Å²) in [5, 5.41) is 4.89. The van der Waals surface area contributed by atoms with Crippen LogP contribution >= 0.6 is 23.3 Å². The van der Waals surface area contributed by atoms with E-state index in [2.05, 4.69) is 15.9 Å². The number of rotatable bonds is 5. The van der Waals surface area contributed by atoms with Crippen LogP contribution in [0.2, 0.25) is 0 Å². The van der Waals surface area contributed by atoms with Gasteiger partial charge < -0.3 is 11.1 Å². The fourth-order valence-electron chi connectivity index (χ4n) is 2.27. The maximum Gasteiger partial charge on any atom is 0.153 e. The van der Waals surface area contributed by atoms with Crippen molar-refractivity contribution >= 4 is 34.1 Å². The third-order valence-corrected chi connectivity index (χ3v) is 5.18. The van der Waals surface area contributed by atoms with Gasteiger partial charge in [0.25, 0.3) is 0 Å². The molecule has 2 aliphatic carbocycles. The molecule has 1 aromatic rings. The van der Waals surface area contributed by atoms with E-state index in [1.807, 2.05) is 0 Å². The molecule has 0 saturated heterocycles. The first-order chi connectivity index (χ1) is 7.79. The molecule has 2 fully saturated rings. The summed E-state index contributed by atoms with van der Waals surface area (Å²) in [5.41, 5.74) is 5.85. The summed E-state index contributed by atoms with van der Waals surface area (Å²) in [6.07, 6.45) is 7.66. The number of nitrogens with one attached hydrogen (secondary N) is 1. The van der Waals surface area contributed by atoms with E-state index in [9.17, 15) is 0 Å². The SMILES string of the molecule is CSc1c(N)nsc1NC(C1CC1)C1CC1. The molecule has 5 heteroatoms. The Labute approximate surface area is 104 Å². The number of thioether (sulfide) groups is 1. The molecule has 1 aromatic heterocycles.